The van der Waals surface area contributed by atoms with Crippen LogP contribution in [0, 0.1) is 6.92 Å². The molecule has 0 fully saturated rings. The summed E-state index contributed by atoms with van der Waals surface area (Å²) in [5, 5.41) is 7.92. The van der Waals surface area contributed by atoms with Crippen molar-refractivity contribution in [3.05, 3.63) is 47.8 Å². The van der Waals surface area contributed by atoms with Gasteiger partial charge in [-0.2, -0.15) is 5.10 Å². The number of nitrogens with zero attached hydrogens (tertiary/aromatic N) is 4. The van der Waals surface area contributed by atoms with Crippen molar-refractivity contribution in [2.75, 3.05) is 19.4 Å². The molecule has 9 heteroatoms. The lowest BCUT2D eigenvalue weighted by Gasteiger charge is -2.11. The summed E-state index contributed by atoms with van der Waals surface area (Å²) in [5.74, 6) is -0.346. The second kappa shape index (κ2) is 6.50. The standard InChI is InChI=1S/C17H19N5O3S/c1-11-15-9-13(10-18-16(15)22(4)20-11)19-17(23)12-5-7-14(8-6-12)26(24,25)21(2)3/h5-10H,1-4H3,(H,19,23). The molecule has 2 aromatic heterocycles. The molecule has 0 unspecified atom stereocenters. The highest BCUT2D eigenvalue weighted by Gasteiger charge is 2.17. The SMILES string of the molecule is Cc1nn(C)c2ncc(NC(=O)c3ccc(S(=O)(=O)N(C)C)cc3)cc12. The van der Waals surface area contributed by atoms with Gasteiger partial charge in [0, 0.05) is 32.1 Å². The van der Waals surface area contributed by atoms with Crippen LogP contribution in [0.2, 0.25) is 0 Å². The van der Waals surface area contributed by atoms with Gasteiger partial charge in [-0.1, -0.05) is 0 Å². The summed E-state index contributed by atoms with van der Waals surface area (Å²) in [6, 6.07) is 7.60. The third-order valence-corrected chi connectivity index (χ3v) is 5.85. The van der Waals surface area contributed by atoms with E-state index in [1.807, 2.05) is 20.0 Å². The lowest BCUT2D eigenvalue weighted by Crippen LogP contribution is -2.22. The van der Waals surface area contributed by atoms with Crippen molar-refractivity contribution in [3.8, 4) is 0 Å². The molecule has 0 aliphatic heterocycles. The second-order valence-corrected chi connectivity index (χ2v) is 8.22. The number of aryl methyl sites for hydroxylation is 2. The number of carbonyl (C=O) groups excluding carboxylic acids is 1. The van der Waals surface area contributed by atoms with Gasteiger partial charge in [0.15, 0.2) is 5.65 Å². The third kappa shape index (κ3) is 3.18. The highest BCUT2D eigenvalue weighted by molar-refractivity contribution is 7.89. The van der Waals surface area contributed by atoms with E-state index >= 15 is 0 Å². The van der Waals surface area contributed by atoms with E-state index in [9.17, 15) is 13.2 Å². The molecular formula is C17H19N5O3S. The van der Waals surface area contributed by atoms with Crippen LogP contribution in [0.1, 0.15) is 16.1 Å². The van der Waals surface area contributed by atoms with E-state index in [1.54, 1.807) is 10.9 Å². The molecule has 0 spiro atoms. The molecule has 2 heterocycles. The number of carbonyl (C=O) groups is 1. The monoisotopic (exact) mass is 373 g/mol. The Hall–Kier alpha value is -2.78. The molecule has 1 aromatic carbocycles. The van der Waals surface area contributed by atoms with Gasteiger partial charge in [0.05, 0.1) is 22.5 Å². The Morgan fingerprint density at radius 2 is 1.85 bits per heavy atom. The normalized spacial score (nSPS) is 11.9. The molecule has 8 nitrogen and oxygen atoms in total. The van der Waals surface area contributed by atoms with Gasteiger partial charge in [-0.05, 0) is 37.3 Å². The average molecular weight is 373 g/mol. The summed E-state index contributed by atoms with van der Waals surface area (Å²) in [4.78, 5) is 16.9. The number of aromatic nitrogens is 3. The van der Waals surface area contributed by atoms with Gasteiger partial charge in [-0.25, -0.2) is 17.7 Å². The highest BCUT2D eigenvalue weighted by Crippen LogP contribution is 2.20. The highest BCUT2D eigenvalue weighted by atomic mass is 32.2. The van der Waals surface area contributed by atoms with E-state index in [1.165, 1.54) is 38.4 Å². The zero-order chi connectivity index (χ0) is 19.1. The summed E-state index contributed by atoms with van der Waals surface area (Å²) in [5.41, 5.74) is 2.46. The van der Waals surface area contributed by atoms with Gasteiger partial charge in [-0.15, -0.1) is 0 Å². The van der Waals surface area contributed by atoms with Crippen LogP contribution in [-0.2, 0) is 17.1 Å². The number of anilines is 1. The van der Waals surface area contributed by atoms with E-state index in [-0.39, 0.29) is 10.8 Å². The van der Waals surface area contributed by atoms with E-state index in [4.69, 9.17) is 0 Å². The fourth-order valence-corrected chi connectivity index (χ4v) is 3.47. The molecule has 0 bridgehead atoms. The summed E-state index contributed by atoms with van der Waals surface area (Å²) >= 11 is 0. The lowest BCUT2D eigenvalue weighted by molar-refractivity contribution is 0.102. The number of nitrogens with one attached hydrogen (secondary N) is 1. The molecule has 136 valence electrons. The first-order valence-corrected chi connectivity index (χ1v) is 9.27. The zero-order valence-electron chi connectivity index (χ0n) is 14.9. The van der Waals surface area contributed by atoms with Crippen molar-refractivity contribution in [1.29, 1.82) is 0 Å². The molecule has 3 aromatic rings. The zero-order valence-corrected chi connectivity index (χ0v) is 15.7. The van der Waals surface area contributed by atoms with Crippen molar-refractivity contribution < 1.29 is 13.2 Å². The topological polar surface area (TPSA) is 97.2 Å². The van der Waals surface area contributed by atoms with E-state index < -0.39 is 10.0 Å². The first kappa shape index (κ1) is 18.0. The largest absolute Gasteiger partial charge is 0.321 e. The van der Waals surface area contributed by atoms with Gasteiger partial charge in [0.1, 0.15) is 0 Å². The minimum atomic E-state index is -3.52. The molecule has 0 radical (unpaired) electrons. The molecule has 0 aliphatic rings. The van der Waals surface area contributed by atoms with Crippen LogP contribution in [0.3, 0.4) is 0 Å². The third-order valence-electron chi connectivity index (χ3n) is 4.02. The number of rotatable bonds is 4. The number of fused-ring (bicyclic) bond motifs is 1. The maximum atomic E-state index is 12.4. The molecule has 0 saturated carbocycles. The molecule has 3 rings (SSSR count). The Labute approximate surface area is 151 Å². The predicted molar refractivity (Wildman–Crippen MR) is 98.5 cm³/mol. The summed E-state index contributed by atoms with van der Waals surface area (Å²) < 4.78 is 26.9. The Kier molecular flexibility index (Phi) is 4.51. The van der Waals surface area contributed by atoms with Crippen LogP contribution >= 0.6 is 0 Å². The fraction of sp³-hybridized carbons (Fsp3) is 0.235. The van der Waals surface area contributed by atoms with Gasteiger partial charge < -0.3 is 5.32 Å². The maximum Gasteiger partial charge on any atom is 0.255 e. The van der Waals surface area contributed by atoms with Gasteiger partial charge in [0.2, 0.25) is 10.0 Å². The van der Waals surface area contributed by atoms with Crippen molar-refractivity contribution in [3.63, 3.8) is 0 Å². The number of benzene rings is 1. The van der Waals surface area contributed by atoms with Gasteiger partial charge in [-0.3, -0.25) is 9.48 Å². The van der Waals surface area contributed by atoms with Crippen molar-refractivity contribution in [1.82, 2.24) is 19.1 Å². The number of hydrogen-bond acceptors (Lipinski definition) is 5. The van der Waals surface area contributed by atoms with Gasteiger partial charge >= 0.3 is 0 Å². The second-order valence-electron chi connectivity index (χ2n) is 6.07. The Balaban J connectivity index is 1.83. The quantitative estimate of drug-likeness (QED) is 0.752. The first-order valence-electron chi connectivity index (χ1n) is 7.83. The first-order chi connectivity index (χ1) is 12.2. The summed E-state index contributed by atoms with van der Waals surface area (Å²) in [7, 11) is 1.20. The van der Waals surface area contributed by atoms with Crippen LogP contribution in [0.5, 0.6) is 0 Å². The molecule has 26 heavy (non-hydrogen) atoms. The number of pyridine rings is 1. The minimum absolute atomic E-state index is 0.133. The molecule has 0 atom stereocenters. The van der Waals surface area contributed by atoms with E-state index in [0.717, 1.165) is 21.0 Å². The molecule has 1 amide bonds. The van der Waals surface area contributed by atoms with Crippen LogP contribution in [0.4, 0.5) is 5.69 Å². The maximum absolute atomic E-state index is 12.4. The van der Waals surface area contributed by atoms with Crippen LogP contribution in [0.15, 0.2) is 41.4 Å². The van der Waals surface area contributed by atoms with E-state index in [2.05, 4.69) is 15.4 Å². The van der Waals surface area contributed by atoms with Crippen LogP contribution < -0.4 is 5.32 Å². The summed E-state index contributed by atoms with van der Waals surface area (Å²) in [6.45, 7) is 1.87. The van der Waals surface area contributed by atoms with Crippen molar-refractivity contribution in [2.45, 2.75) is 11.8 Å². The van der Waals surface area contributed by atoms with Crippen LogP contribution in [0.25, 0.3) is 11.0 Å². The van der Waals surface area contributed by atoms with Crippen molar-refractivity contribution >= 4 is 32.7 Å². The van der Waals surface area contributed by atoms with Crippen LogP contribution in [-0.4, -0.2) is 47.5 Å². The number of hydrogen-bond donors (Lipinski definition) is 1. The molecule has 0 aliphatic carbocycles. The molecule has 0 saturated heterocycles. The van der Waals surface area contributed by atoms with E-state index in [0.29, 0.717) is 11.3 Å². The average Bonchev–Trinajstić information content (AvgIpc) is 2.88. The lowest BCUT2D eigenvalue weighted by atomic mass is 10.2. The Morgan fingerprint density at radius 3 is 2.46 bits per heavy atom. The van der Waals surface area contributed by atoms with Gasteiger partial charge in [0.25, 0.3) is 5.91 Å². The minimum Gasteiger partial charge on any atom is -0.321 e. The fourth-order valence-electron chi connectivity index (χ4n) is 2.57. The predicted octanol–water partition coefficient (Wildman–Crippen LogP) is 1.78. The number of amides is 1. The summed E-state index contributed by atoms with van der Waals surface area (Å²) in [6.07, 6.45) is 1.56. The molecular weight excluding hydrogens is 354 g/mol. The Morgan fingerprint density at radius 1 is 1.19 bits per heavy atom. The number of sulfonamides is 1. The Bertz CT molecular complexity index is 1090. The smallest absolute Gasteiger partial charge is 0.255 e. The molecule has 1 N–H and O–H groups in total. The van der Waals surface area contributed by atoms with Crippen molar-refractivity contribution in [2.24, 2.45) is 7.05 Å².